The molecular weight excluding hydrogens is 294 g/mol. The average molecular weight is 317 g/mol. The van der Waals surface area contributed by atoms with Crippen LogP contribution < -0.4 is 5.32 Å². The number of nitrogens with one attached hydrogen (secondary N) is 1. The van der Waals surface area contributed by atoms with E-state index < -0.39 is 0 Å². The van der Waals surface area contributed by atoms with Crippen LogP contribution in [0.5, 0.6) is 0 Å². The van der Waals surface area contributed by atoms with Crippen molar-refractivity contribution in [2.45, 2.75) is 45.7 Å². The molecule has 0 aromatic carbocycles. The highest BCUT2D eigenvalue weighted by Gasteiger charge is 2.61. The molecule has 23 heavy (non-hydrogen) atoms. The summed E-state index contributed by atoms with van der Waals surface area (Å²) in [4.78, 5) is 26.9. The molecule has 2 bridgehead atoms. The van der Waals surface area contributed by atoms with Crippen LogP contribution in [0.25, 0.3) is 0 Å². The fourth-order valence-electron chi connectivity index (χ4n) is 4.22. The van der Waals surface area contributed by atoms with Crippen LogP contribution in [0.2, 0.25) is 0 Å². The topological polar surface area (TPSA) is 80.1 Å². The van der Waals surface area contributed by atoms with E-state index in [4.69, 9.17) is 0 Å². The van der Waals surface area contributed by atoms with Crippen molar-refractivity contribution in [2.24, 2.45) is 17.3 Å². The van der Waals surface area contributed by atoms with Crippen LogP contribution in [-0.4, -0.2) is 50.8 Å². The molecule has 7 nitrogen and oxygen atoms in total. The van der Waals surface area contributed by atoms with Crippen molar-refractivity contribution in [2.75, 3.05) is 13.1 Å². The Bertz CT molecular complexity index is 638. The van der Waals surface area contributed by atoms with Crippen molar-refractivity contribution in [1.29, 1.82) is 0 Å². The Balaban J connectivity index is 1.40. The minimum atomic E-state index is -0.0629. The highest BCUT2D eigenvalue weighted by atomic mass is 16.2. The van der Waals surface area contributed by atoms with Gasteiger partial charge in [0.1, 0.15) is 5.69 Å². The SMILES string of the molecule is CCn1nncc1C(=O)N1C[C@@H](C)[C@H](NC(=O)C23CC(C2)C3)C1. The minimum absolute atomic E-state index is 0.0476. The summed E-state index contributed by atoms with van der Waals surface area (Å²) in [6.45, 7) is 5.88. The van der Waals surface area contributed by atoms with Crippen molar-refractivity contribution >= 4 is 11.8 Å². The molecule has 4 fully saturated rings. The number of nitrogens with zero attached hydrogens (tertiary/aromatic N) is 4. The van der Waals surface area contributed by atoms with Crippen LogP contribution in [0.1, 0.15) is 43.6 Å². The van der Waals surface area contributed by atoms with E-state index in [9.17, 15) is 9.59 Å². The molecule has 3 saturated carbocycles. The molecular formula is C16H23N5O2. The van der Waals surface area contributed by atoms with Crippen LogP contribution in [0.4, 0.5) is 0 Å². The molecule has 2 atom stereocenters. The summed E-state index contributed by atoms with van der Waals surface area (Å²) in [6, 6.07) is 0.0476. The van der Waals surface area contributed by atoms with E-state index in [1.807, 2.05) is 11.8 Å². The van der Waals surface area contributed by atoms with Crippen LogP contribution in [0.15, 0.2) is 6.20 Å². The fourth-order valence-corrected chi connectivity index (χ4v) is 4.22. The van der Waals surface area contributed by atoms with E-state index in [0.29, 0.717) is 25.3 Å². The number of rotatable bonds is 4. The molecule has 4 aliphatic rings. The normalized spacial score (nSPS) is 34.7. The van der Waals surface area contributed by atoms with Crippen molar-refractivity contribution < 1.29 is 9.59 Å². The standard InChI is InChI=1S/C16H23N5O2/c1-3-21-13(7-17-19-21)14(22)20-8-10(2)12(9-20)18-15(23)16-4-11(5-16)6-16/h7,10-12H,3-6,8-9H2,1-2H3,(H,18,23)/t10-,11?,12-,16?/m1/s1. The van der Waals surface area contributed by atoms with Gasteiger partial charge in [-0.05, 0) is 38.0 Å². The van der Waals surface area contributed by atoms with E-state index >= 15 is 0 Å². The molecule has 0 radical (unpaired) electrons. The van der Waals surface area contributed by atoms with E-state index in [1.165, 1.54) is 6.20 Å². The highest BCUT2D eigenvalue weighted by molar-refractivity contribution is 5.92. The summed E-state index contributed by atoms with van der Waals surface area (Å²) < 4.78 is 1.61. The number of hydrogen-bond donors (Lipinski definition) is 1. The third-order valence-corrected chi connectivity index (χ3v) is 5.87. The van der Waals surface area contributed by atoms with E-state index in [0.717, 1.165) is 25.2 Å². The van der Waals surface area contributed by atoms with Gasteiger partial charge >= 0.3 is 0 Å². The molecule has 3 aliphatic carbocycles. The number of likely N-dealkylation sites (tertiary alicyclic amines) is 1. The maximum Gasteiger partial charge on any atom is 0.273 e. The van der Waals surface area contributed by atoms with Gasteiger partial charge < -0.3 is 10.2 Å². The first-order chi connectivity index (χ1) is 11.0. The van der Waals surface area contributed by atoms with Crippen LogP contribution in [0, 0.1) is 17.3 Å². The maximum atomic E-state index is 12.6. The Morgan fingerprint density at radius 1 is 1.35 bits per heavy atom. The van der Waals surface area contributed by atoms with Gasteiger partial charge in [-0.25, -0.2) is 4.68 Å². The third kappa shape index (κ3) is 2.16. The van der Waals surface area contributed by atoms with Gasteiger partial charge in [-0.15, -0.1) is 5.10 Å². The molecule has 0 spiro atoms. The third-order valence-electron chi connectivity index (χ3n) is 5.87. The van der Waals surface area contributed by atoms with E-state index in [2.05, 4.69) is 22.6 Å². The Labute approximate surface area is 135 Å². The molecule has 1 N–H and O–H groups in total. The van der Waals surface area contributed by atoms with Gasteiger partial charge in [0.25, 0.3) is 5.91 Å². The lowest BCUT2D eigenvalue weighted by molar-refractivity contribution is -0.165. The average Bonchev–Trinajstić information content (AvgIpc) is 3.01. The number of hydrogen-bond acceptors (Lipinski definition) is 4. The molecule has 1 saturated heterocycles. The first-order valence-corrected chi connectivity index (χ1v) is 8.51. The summed E-state index contributed by atoms with van der Waals surface area (Å²) in [7, 11) is 0. The second-order valence-electron chi connectivity index (χ2n) is 7.46. The lowest BCUT2D eigenvalue weighted by Gasteiger charge is -2.60. The van der Waals surface area contributed by atoms with Crippen molar-refractivity contribution in [1.82, 2.24) is 25.2 Å². The van der Waals surface area contributed by atoms with Gasteiger partial charge in [-0.1, -0.05) is 12.1 Å². The smallest absolute Gasteiger partial charge is 0.273 e. The molecule has 2 amide bonds. The molecule has 1 aromatic heterocycles. The second-order valence-corrected chi connectivity index (χ2v) is 7.46. The molecule has 2 heterocycles. The summed E-state index contributed by atoms with van der Waals surface area (Å²) in [5, 5.41) is 10.9. The zero-order valence-corrected chi connectivity index (χ0v) is 13.7. The quantitative estimate of drug-likeness (QED) is 0.885. The van der Waals surface area contributed by atoms with Crippen LogP contribution in [0.3, 0.4) is 0 Å². The highest BCUT2D eigenvalue weighted by Crippen LogP contribution is 2.64. The van der Waals surface area contributed by atoms with Gasteiger partial charge in [0.15, 0.2) is 0 Å². The predicted octanol–water partition coefficient (Wildman–Crippen LogP) is 0.675. The van der Waals surface area contributed by atoms with Gasteiger partial charge in [-0.3, -0.25) is 9.59 Å². The summed E-state index contributed by atoms with van der Waals surface area (Å²) in [6.07, 6.45) is 4.70. The number of aromatic nitrogens is 3. The maximum absolute atomic E-state index is 12.6. The first-order valence-electron chi connectivity index (χ1n) is 8.51. The Hall–Kier alpha value is -1.92. The van der Waals surface area contributed by atoms with Gasteiger partial charge in [0, 0.05) is 25.0 Å². The predicted molar refractivity (Wildman–Crippen MR) is 82.5 cm³/mol. The van der Waals surface area contributed by atoms with Crippen LogP contribution >= 0.6 is 0 Å². The minimum Gasteiger partial charge on any atom is -0.351 e. The number of aryl methyl sites for hydroxylation is 1. The van der Waals surface area contributed by atoms with Crippen LogP contribution in [-0.2, 0) is 11.3 Å². The van der Waals surface area contributed by atoms with Crippen molar-refractivity contribution in [3.05, 3.63) is 11.9 Å². The number of amides is 2. The molecule has 1 aliphatic heterocycles. The van der Waals surface area contributed by atoms with Gasteiger partial charge in [-0.2, -0.15) is 0 Å². The lowest BCUT2D eigenvalue weighted by atomic mass is 9.44. The summed E-state index contributed by atoms with van der Waals surface area (Å²) in [5.74, 6) is 1.21. The van der Waals surface area contributed by atoms with Crippen molar-refractivity contribution in [3.63, 3.8) is 0 Å². The van der Waals surface area contributed by atoms with Crippen molar-refractivity contribution in [3.8, 4) is 0 Å². The number of carbonyl (C=O) groups is 2. The lowest BCUT2D eigenvalue weighted by Crippen LogP contribution is -2.62. The van der Waals surface area contributed by atoms with Gasteiger partial charge in [0.05, 0.1) is 12.2 Å². The number of carbonyl (C=O) groups excluding carboxylic acids is 2. The zero-order valence-electron chi connectivity index (χ0n) is 13.7. The second kappa shape index (κ2) is 5.04. The molecule has 0 unspecified atom stereocenters. The van der Waals surface area contributed by atoms with E-state index in [1.54, 1.807) is 4.68 Å². The van der Waals surface area contributed by atoms with Gasteiger partial charge in [0.2, 0.25) is 5.91 Å². The fraction of sp³-hybridized carbons (Fsp3) is 0.750. The summed E-state index contributed by atoms with van der Waals surface area (Å²) >= 11 is 0. The Morgan fingerprint density at radius 2 is 2.09 bits per heavy atom. The largest absolute Gasteiger partial charge is 0.351 e. The molecule has 1 aromatic rings. The monoisotopic (exact) mass is 317 g/mol. The summed E-state index contributed by atoms with van der Waals surface area (Å²) in [5.41, 5.74) is 0.457. The van der Waals surface area contributed by atoms with E-state index in [-0.39, 0.29) is 29.2 Å². The molecule has 5 rings (SSSR count). The molecule has 7 heteroatoms. The Kier molecular flexibility index (Phi) is 3.21. The Morgan fingerprint density at radius 3 is 2.70 bits per heavy atom. The molecule has 124 valence electrons. The first kappa shape index (κ1) is 14.7. The zero-order chi connectivity index (χ0) is 16.2.